The molecular weight excluding hydrogens is 102 g/mol. The maximum absolute atomic E-state index is 3.39. The number of hydrogen-bond acceptors (Lipinski definition) is 1. The number of nitrogens with one attached hydrogen (secondary N) is 1. The maximum Gasteiger partial charge on any atom is 0.0885 e. The first-order valence-electron chi connectivity index (χ1n) is 3.12. The molecule has 0 bridgehead atoms. The maximum atomic E-state index is 3.39. The summed E-state index contributed by atoms with van der Waals surface area (Å²) in [6.45, 7) is 5.74. The Kier molecular flexibility index (Phi) is 6.33. The summed E-state index contributed by atoms with van der Waals surface area (Å²) in [5.41, 5.74) is 0. The van der Waals surface area contributed by atoms with Crippen molar-refractivity contribution >= 4 is 9.68 Å². The van der Waals surface area contributed by atoms with Gasteiger partial charge in [0.25, 0.3) is 0 Å². The Hall–Kier alpha value is 0.177. The minimum Gasteiger partial charge on any atom is -0.342 e. The van der Waals surface area contributed by atoms with Crippen LogP contribution < -0.4 is 4.98 Å². The van der Waals surface area contributed by atoms with Gasteiger partial charge in [0, 0.05) is 0 Å². The van der Waals surface area contributed by atoms with E-state index in [1.165, 1.54) is 19.4 Å². The molecule has 0 aromatic carbocycles. The molecule has 7 heavy (non-hydrogen) atoms. The van der Waals surface area contributed by atoms with Gasteiger partial charge in [0.1, 0.15) is 0 Å². The molecule has 0 heterocycles. The largest absolute Gasteiger partial charge is 0.342 e. The van der Waals surface area contributed by atoms with Crippen LogP contribution in [0.25, 0.3) is 0 Å². The van der Waals surface area contributed by atoms with Crippen LogP contribution in [0.15, 0.2) is 0 Å². The van der Waals surface area contributed by atoms with E-state index in [1.54, 1.807) is 0 Å². The normalized spacial score (nSPS) is 11.1. The Morgan fingerprint density at radius 1 is 1.57 bits per heavy atom. The first-order valence-corrected chi connectivity index (χ1v) is 5.24. The first-order chi connectivity index (χ1) is 3.41. The molecule has 1 N–H and O–H groups in total. The van der Waals surface area contributed by atoms with Gasteiger partial charge in [-0.15, -0.1) is 0 Å². The molecule has 0 atom stereocenters. The highest BCUT2D eigenvalue weighted by Crippen LogP contribution is 1.79. The van der Waals surface area contributed by atoms with Crippen LogP contribution in [-0.4, -0.2) is 16.2 Å². The highest BCUT2D eigenvalue weighted by atomic mass is 28.2. The minimum absolute atomic E-state index is 0.144. The lowest BCUT2D eigenvalue weighted by molar-refractivity contribution is 0.767. The van der Waals surface area contributed by atoms with Gasteiger partial charge < -0.3 is 4.98 Å². The van der Waals surface area contributed by atoms with Crippen LogP contribution in [0, 0.1) is 0 Å². The Balaban J connectivity index is 2.45. The van der Waals surface area contributed by atoms with Crippen molar-refractivity contribution in [1.82, 2.24) is 4.98 Å². The van der Waals surface area contributed by atoms with E-state index in [1.807, 2.05) is 0 Å². The summed E-state index contributed by atoms with van der Waals surface area (Å²) in [6.07, 6.45) is 2.67. The van der Waals surface area contributed by atoms with Crippen LogP contribution in [0.4, 0.5) is 0 Å². The summed E-state index contributed by atoms with van der Waals surface area (Å²) in [4.78, 5) is 3.39. The van der Waals surface area contributed by atoms with Crippen LogP contribution in [0.1, 0.15) is 19.8 Å². The smallest absolute Gasteiger partial charge is 0.0885 e. The Morgan fingerprint density at radius 3 is 2.71 bits per heavy atom. The average Bonchev–Trinajstić information content (AvgIpc) is 1.69. The fraction of sp³-hybridized carbons (Fsp3) is 1.00. The molecule has 0 saturated carbocycles. The van der Waals surface area contributed by atoms with Crippen LogP contribution in [-0.2, 0) is 0 Å². The molecule has 0 spiro atoms. The van der Waals surface area contributed by atoms with E-state index >= 15 is 0 Å². The fourth-order valence-corrected chi connectivity index (χ4v) is 1.08. The molecule has 0 radical (unpaired) electrons. The third kappa shape index (κ3) is 6.18. The van der Waals surface area contributed by atoms with Gasteiger partial charge in [-0.05, 0) is 13.0 Å². The second-order valence-electron chi connectivity index (χ2n) is 1.71. The van der Waals surface area contributed by atoms with Gasteiger partial charge in [-0.25, -0.2) is 0 Å². The average molecular weight is 117 g/mol. The molecule has 0 rings (SSSR count). The van der Waals surface area contributed by atoms with E-state index in [9.17, 15) is 0 Å². The molecule has 0 amide bonds. The Labute approximate surface area is 48.4 Å². The van der Waals surface area contributed by atoms with Crippen molar-refractivity contribution in [3.8, 4) is 0 Å². The number of hydrogen-bond donors (Lipinski definition) is 1. The monoisotopic (exact) mass is 117 g/mol. The quantitative estimate of drug-likeness (QED) is 0.418. The van der Waals surface area contributed by atoms with Gasteiger partial charge in [-0.2, -0.15) is 0 Å². The summed E-state index contributed by atoms with van der Waals surface area (Å²) in [6, 6.07) is 0. The SMILES string of the molecule is CCCCN[SiH2]C. The van der Waals surface area contributed by atoms with Gasteiger partial charge in [0.2, 0.25) is 0 Å². The summed E-state index contributed by atoms with van der Waals surface area (Å²) in [5, 5.41) is 0. The van der Waals surface area contributed by atoms with Gasteiger partial charge in [-0.3, -0.25) is 0 Å². The molecule has 0 aliphatic heterocycles. The van der Waals surface area contributed by atoms with E-state index in [2.05, 4.69) is 18.5 Å². The van der Waals surface area contributed by atoms with Crippen molar-refractivity contribution in [1.29, 1.82) is 0 Å². The summed E-state index contributed by atoms with van der Waals surface area (Å²) < 4.78 is 0. The van der Waals surface area contributed by atoms with E-state index in [0.717, 1.165) is 0 Å². The summed E-state index contributed by atoms with van der Waals surface area (Å²) in [7, 11) is 0.144. The van der Waals surface area contributed by atoms with E-state index in [0.29, 0.717) is 0 Å². The predicted octanol–water partition coefficient (Wildman–Crippen LogP) is 0.508. The van der Waals surface area contributed by atoms with Gasteiger partial charge in [0.15, 0.2) is 0 Å². The first kappa shape index (κ1) is 7.18. The molecule has 0 saturated heterocycles. The molecule has 0 aliphatic rings. The zero-order valence-electron chi connectivity index (χ0n) is 5.33. The molecule has 2 heteroatoms. The van der Waals surface area contributed by atoms with Crippen molar-refractivity contribution in [2.45, 2.75) is 26.3 Å². The molecular formula is C5H15NSi. The highest BCUT2D eigenvalue weighted by Gasteiger charge is 1.77. The zero-order chi connectivity index (χ0) is 5.54. The molecule has 1 nitrogen and oxygen atoms in total. The van der Waals surface area contributed by atoms with Gasteiger partial charge in [-0.1, -0.05) is 19.9 Å². The third-order valence-electron chi connectivity index (χ3n) is 0.957. The molecule has 0 unspecified atom stereocenters. The van der Waals surface area contributed by atoms with Crippen molar-refractivity contribution in [3.05, 3.63) is 0 Å². The molecule has 0 aliphatic carbocycles. The van der Waals surface area contributed by atoms with Crippen molar-refractivity contribution in [2.24, 2.45) is 0 Å². The highest BCUT2D eigenvalue weighted by molar-refractivity contribution is 6.29. The third-order valence-corrected chi connectivity index (χ3v) is 1.81. The van der Waals surface area contributed by atoms with Crippen molar-refractivity contribution in [3.63, 3.8) is 0 Å². The van der Waals surface area contributed by atoms with Crippen LogP contribution in [0.2, 0.25) is 6.55 Å². The second-order valence-corrected chi connectivity index (χ2v) is 2.91. The molecule has 44 valence electrons. The van der Waals surface area contributed by atoms with E-state index in [-0.39, 0.29) is 9.68 Å². The molecule has 0 fully saturated rings. The minimum atomic E-state index is 0.144. The Morgan fingerprint density at radius 2 is 2.29 bits per heavy atom. The molecule has 0 aromatic rings. The van der Waals surface area contributed by atoms with E-state index in [4.69, 9.17) is 0 Å². The second kappa shape index (κ2) is 6.18. The lowest BCUT2D eigenvalue weighted by Gasteiger charge is -1.94. The van der Waals surface area contributed by atoms with Gasteiger partial charge in [0.05, 0.1) is 9.68 Å². The van der Waals surface area contributed by atoms with Crippen molar-refractivity contribution < 1.29 is 0 Å². The fourth-order valence-electron chi connectivity index (χ4n) is 0.479. The lowest BCUT2D eigenvalue weighted by atomic mass is 10.3. The van der Waals surface area contributed by atoms with Crippen LogP contribution in [0.3, 0.4) is 0 Å². The standard InChI is InChI=1S/C5H15NSi/c1-3-4-5-6-7-2/h6H,3-5,7H2,1-2H3. The zero-order valence-corrected chi connectivity index (χ0v) is 6.74. The van der Waals surface area contributed by atoms with Gasteiger partial charge >= 0.3 is 0 Å². The summed E-state index contributed by atoms with van der Waals surface area (Å²) >= 11 is 0. The molecule has 0 aromatic heterocycles. The number of unbranched alkanes of at least 4 members (excludes halogenated alkanes) is 1. The van der Waals surface area contributed by atoms with Crippen molar-refractivity contribution in [2.75, 3.05) is 6.54 Å². The predicted molar refractivity (Wildman–Crippen MR) is 37.3 cm³/mol. The van der Waals surface area contributed by atoms with E-state index < -0.39 is 0 Å². The number of rotatable bonds is 4. The topological polar surface area (TPSA) is 12.0 Å². The lowest BCUT2D eigenvalue weighted by Crippen LogP contribution is -2.16. The van der Waals surface area contributed by atoms with Crippen LogP contribution >= 0.6 is 0 Å². The Bertz CT molecular complexity index is 27.3. The van der Waals surface area contributed by atoms with Crippen LogP contribution in [0.5, 0.6) is 0 Å². The summed E-state index contributed by atoms with van der Waals surface area (Å²) in [5.74, 6) is 0.